The van der Waals surface area contributed by atoms with Crippen LogP contribution in [0.1, 0.15) is 12.0 Å². The van der Waals surface area contributed by atoms with Crippen molar-refractivity contribution in [1.29, 1.82) is 0 Å². The van der Waals surface area contributed by atoms with Gasteiger partial charge in [0.2, 0.25) is 0 Å². The average Bonchev–Trinajstić information content (AvgIpc) is 2.89. The molecular weight excluding hydrogens is 276 g/mol. The van der Waals surface area contributed by atoms with Gasteiger partial charge in [-0.15, -0.1) is 0 Å². The Balaban J connectivity index is 1.99. The first-order valence-electron chi connectivity index (χ1n) is 7.05. The smallest absolute Gasteiger partial charge is 0.124 e. The number of hydrogen-bond acceptors (Lipinski definition) is 4. The Bertz CT molecular complexity index is 428. The lowest BCUT2D eigenvalue weighted by molar-refractivity contribution is 0.145. The van der Waals surface area contributed by atoms with E-state index in [1.807, 2.05) is 18.2 Å². The lowest BCUT2D eigenvalue weighted by Gasteiger charge is -2.18. The van der Waals surface area contributed by atoms with Gasteiger partial charge in [0.25, 0.3) is 0 Å². The van der Waals surface area contributed by atoms with E-state index < -0.39 is 0 Å². The topological polar surface area (TPSA) is 47.7 Å². The molecule has 0 bridgehead atoms. The van der Waals surface area contributed by atoms with Gasteiger partial charge in [-0.05, 0) is 43.6 Å². The maximum absolute atomic E-state index is 6.10. The van der Waals surface area contributed by atoms with Crippen LogP contribution in [0, 0.1) is 5.92 Å². The van der Waals surface area contributed by atoms with Crippen LogP contribution in [-0.2, 0) is 11.3 Å². The summed E-state index contributed by atoms with van der Waals surface area (Å²) in [6, 6.07) is 5.78. The van der Waals surface area contributed by atoms with Gasteiger partial charge < -0.3 is 15.2 Å². The van der Waals surface area contributed by atoms with Gasteiger partial charge in [0, 0.05) is 30.8 Å². The van der Waals surface area contributed by atoms with E-state index in [0.717, 1.165) is 42.5 Å². The first-order chi connectivity index (χ1) is 9.72. The minimum Gasteiger partial charge on any atom is -0.491 e. The van der Waals surface area contributed by atoms with Crippen LogP contribution in [0.25, 0.3) is 0 Å². The van der Waals surface area contributed by atoms with Gasteiger partial charge in [0.1, 0.15) is 12.4 Å². The Kier molecular flexibility index (Phi) is 6.10. The Labute approximate surface area is 125 Å². The van der Waals surface area contributed by atoms with Crippen molar-refractivity contribution in [2.75, 3.05) is 40.0 Å². The zero-order valence-electron chi connectivity index (χ0n) is 12.0. The van der Waals surface area contributed by atoms with Crippen molar-refractivity contribution in [2.45, 2.75) is 13.0 Å². The molecule has 112 valence electrons. The van der Waals surface area contributed by atoms with Gasteiger partial charge in [-0.1, -0.05) is 11.6 Å². The Morgan fingerprint density at radius 3 is 2.95 bits per heavy atom. The molecule has 1 aliphatic heterocycles. The minimum absolute atomic E-state index is 0.552. The minimum atomic E-state index is 0.552. The van der Waals surface area contributed by atoms with Crippen molar-refractivity contribution in [3.05, 3.63) is 28.8 Å². The fraction of sp³-hybridized carbons (Fsp3) is 0.600. The molecule has 0 saturated carbocycles. The molecule has 0 spiro atoms. The van der Waals surface area contributed by atoms with Crippen LogP contribution in [0.15, 0.2) is 18.2 Å². The van der Waals surface area contributed by atoms with Crippen molar-refractivity contribution < 1.29 is 9.47 Å². The summed E-state index contributed by atoms with van der Waals surface area (Å²) in [7, 11) is 1.67. The normalized spacial score (nSPS) is 19.4. The molecule has 1 atom stereocenters. The molecule has 0 amide bonds. The highest BCUT2D eigenvalue weighted by molar-refractivity contribution is 6.30. The second-order valence-corrected chi connectivity index (χ2v) is 5.66. The van der Waals surface area contributed by atoms with E-state index in [0.29, 0.717) is 19.1 Å². The summed E-state index contributed by atoms with van der Waals surface area (Å²) in [4.78, 5) is 2.41. The average molecular weight is 299 g/mol. The fourth-order valence-electron chi connectivity index (χ4n) is 2.54. The molecule has 2 rings (SSSR count). The SMILES string of the molecule is COCCOc1ccc(Cl)cc1CN1CC[C@@H](CN)C1. The Morgan fingerprint density at radius 1 is 1.40 bits per heavy atom. The number of likely N-dealkylation sites (tertiary alicyclic amines) is 1. The molecule has 20 heavy (non-hydrogen) atoms. The maximum Gasteiger partial charge on any atom is 0.124 e. The van der Waals surface area contributed by atoms with Crippen molar-refractivity contribution in [3.8, 4) is 5.75 Å². The third-order valence-electron chi connectivity index (χ3n) is 3.66. The number of nitrogens with two attached hydrogens (primary N) is 1. The molecule has 0 aliphatic carbocycles. The van der Waals surface area contributed by atoms with Gasteiger partial charge in [0.15, 0.2) is 0 Å². The van der Waals surface area contributed by atoms with Gasteiger partial charge in [-0.3, -0.25) is 4.90 Å². The standard InChI is InChI=1S/C15H23ClN2O2/c1-19-6-7-20-15-3-2-14(16)8-13(15)11-18-5-4-12(9-17)10-18/h2-3,8,12H,4-7,9-11,17H2,1H3/t12-/m0/s1. The number of nitrogens with zero attached hydrogens (tertiary/aromatic N) is 1. The van der Waals surface area contributed by atoms with Crippen molar-refractivity contribution in [2.24, 2.45) is 11.7 Å². The van der Waals surface area contributed by atoms with E-state index in [2.05, 4.69) is 4.90 Å². The summed E-state index contributed by atoms with van der Waals surface area (Å²) < 4.78 is 10.8. The third kappa shape index (κ3) is 4.35. The van der Waals surface area contributed by atoms with Crippen LogP contribution in [0.4, 0.5) is 0 Å². The van der Waals surface area contributed by atoms with Crippen LogP contribution >= 0.6 is 11.6 Å². The first kappa shape index (κ1) is 15.6. The van der Waals surface area contributed by atoms with E-state index >= 15 is 0 Å². The van der Waals surface area contributed by atoms with E-state index in [1.54, 1.807) is 7.11 Å². The summed E-state index contributed by atoms with van der Waals surface area (Å²) in [5.41, 5.74) is 6.87. The maximum atomic E-state index is 6.10. The lowest BCUT2D eigenvalue weighted by Crippen LogP contribution is -2.23. The molecule has 1 saturated heterocycles. The number of halogens is 1. The second kappa shape index (κ2) is 7.84. The van der Waals surface area contributed by atoms with Crippen LogP contribution in [0.2, 0.25) is 5.02 Å². The summed E-state index contributed by atoms with van der Waals surface area (Å²) in [5.74, 6) is 1.51. The van der Waals surface area contributed by atoms with E-state index in [9.17, 15) is 0 Å². The first-order valence-corrected chi connectivity index (χ1v) is 7.43. The summed E-state index contributed by atoms with van der Waals surface area (Å²) in [6.07, 6.45) is 1.18. The second-order valence-electron chi connectivity index (χ2n) is 5.22. The van der Waals surface area contributed by atoms with E-state index in [4.69, 9.17) is 26.8 Å². The monoisotopic (exact) mass is 298 g/mol. The summed E-state index contributed by atoms with van der Waals surface area (Å²) >= 11 is 6.10. The largest absolute Gasteiger partial charge is 0.491 e. The van der Waals surface area contributed by atoms with Crippen LogP contribution in [0.5, 0.6) is 5.75 Å². The molecule has 1 aromatic rings. The predicted molar refractivity (Wildman–Crippen MR) is 81.3 cm³/mol. The number of ether oxygens (including phenoxy) is 2. The molecule has 0 aromatic heterocycles. The molecule has 5 heteroatoms. The van der Waals surface area contributed by atoms with Gasteiger partial charge in [0.05, 0.1) is 6.61 Å². The number of hydrogen-bond donors (Lipinski definition) is 1. The van der Waals surface area contributed by atoms with Crippen LogP contribution in [-0.4, -0.2) is 44.9 Å². The summed E-state index contributed by atoms with van der Waals surface area (Å²) in [6.45, 7) is 4.91. The van der Waals surface area contributed by atoms with E-state index in [1.165, 1.54) is 6.42 Å². The Morgan fingerprint density at radius 2 is 2.25 bits per heavy atom. The van der Waals surface area contributed by atoms with Gasteiger partial charge in [-0.2, -0.15) is 0 Å². The molecule has 2 N–H and O–H groups in total. The predicted octanol–water partition coefficient (Wildman–Crippen LogP) is 2.15. The lowest BCUT2D eigenvalue weighted by atomic mass is 10.1. The highest BCUT2D eigenvalue weighted by Crippen LogP contribution is 2.26. The highest BCUT2D eigenvalue weighted by atomic mass is 35.5. The zero-order valence-corrected chi connectivity index (χ0v) is 12.7. The van der Waals surface area contributed by atoms with Crippen molar-refractivity contribution in [1.82, 2.24) is 4.90 Å². The van der Waals surface area contributed by atoms with Crippen LogP contribution in [0.3, 0.4) is 0 Å². The number of methoxy groups -OCH3 is 1. The van der Waals surface area contributed by atoms with Gasteiger partial charge >= 0.3 is 0 Å². The molecule has 0 radical (unpaired) electrons. The Hall–Kier alpha value is -0.810. The number of benzene rings is 1. The van der Waals surface area contributed by atoms with Crippen molar-refractivity contribution in [3.63, 3.8) is 0 Å². The summed E-state index contributed by atoms with van der Waals surface area (Å²) in [5, 5.41) is 0.744. The molecular formula is C15H23ClN2O2. The third-order valence-corrected chi connectivity index (χ3v) is 3.90. The van der Waals surface area contributed by atoms with Gasteiger partial charge in [-0.25, -0.2) is 0 Å². The van der Waals surface area contributed by atoms with Crippen LogP contribution < -0.4 is 10.5 Å². The molecule has 0 unspecified atom stereocenters. The molecule has 1 heterocycles. The number of rotatable bonds is 7. The quantitative estimate of drug-likeness (QED) is 0.784. The zero-order chi connectivity index (χ0) is 14.4. The molecule has 1 aliphatic rings. The molecule has 1 fully saturated rings. The molecule has 4 nitrogen and oxygen atoms in total. The highest BCUT2D eigenvalue weighted by Gasteiger charge is 2.22. The van der Waals surface area contributed by atoms with E-state index in [-0.39, 0.29) is 0 Å². The molecule has 1 aromatic carbocycles. The van der Waals surface area contributed by atoms with Crippen molar-refractivity contribution >= 4 is 11.6 Å². The fourth-order valence-corrected chi connectivity index (χ4v) is 2.73.